The highest BCUT2D eigenvalue weighted by Gasteiger charge is 2.13. The molecule has 0 saturated carbocycles. The predicted molar refractivity (Wildman–Crippen MR) is 91.7 cm³/mol. The van der Waals surface area contributed by atoms with Gasteiger partial charge in [0.15, 0.2) is 0 Å². The van der Waals surface area contributed by atoms with Gasteiger partial charge in [0, 0.05) is 12.6 Å². The van der Waals surface area contributed by atoms with E-state index in [0.29, 0.717) is 22.0 Å². The van der Waals surface area contributed by atoms with Crippen LogP contribution in [0.2, 0.25) is 10.0 Å². The average molecular weight is 349 g/mol. The maximum atomic E-state index is 6.12. The van der Waals surface area contributed by atoms with Crippen molar-refractivity contribution >= 4 is 45.8 Å². The summed E-state index contributed by atoms with van der Waals surface area (Å²) in [5.74, 6) is 1.24. The van der Waals surface area contributed by atoms with Crippen molar-refractivity contribution in [2.75, 3.05) is 13.6 Å². The van der Waals surface area contributed by atoms with Crippen molar-refractivity contribution in [1.82, 2.24) is 14.5 Å². The Labute approximate surface area is 140 Å². The Morgan fingerprint density at radius 3 is 2.52 bits per heavy atom. The molecule has 0 spiro atoms. The van der Waals surface area contributed by atoms with Gasteiger partial charge in [0.1, 0.15) is 5.82 Å². The molecular weight excluding hydrogens is 329 g/mol. The molecule has 0 aliphatic heterocycles. The summed E-state index contributed by atoms with van der Waals surface area (Å²) in [6.07, 6.45) is 1.03. The van der Waals surface area contributed by atoms with Gasteiger partial charge in [-0.1, -0.05) is 23.2 Å². The van der Waals surface area contributed by atoms with E-state index in [-0.39, 0.29) is 0 Å². The lowest BCUT2D eigenvalue weighted by molar-refractivity contribution is 0.265. The number of hydrogen-bond acceptors (Lipinski definition) is 2. The summed E-state index contributed by atoms with van der Waals surface area (Å²) in [5, 5.41) is 1.07. The molecular formula is C15H20Cl3N3. The zero-order valence-electron chi connectivity index (χ0n) is 12.5. The first-order chi connectivity index (χ1) is 9.93. The first-order valence-electron chi connectivity index (χ1n) is 7.04. The van der Waals surface area contributed by atoms with Gasteiger partial charge >= 0.3 is 0 Å². The van der Waals surface area contributed by atoms with Crippen molar-refractivity contribution in [3.63, 3.8) is 0 Å². The molecule has 6 heteroatoms. The Balaban J connectivity index is 2.23. The van der Waals surface area contributed by atoms with Gasteiger partial charge in [0.25, 0.3) is 0 Å². The lowest BCUT2D eigenvalue weighted by Crippen LogP contribution is -2.28. The number of nitrogens with zero attached hydrogens (tertiary/aromatic N) is 3. The number of aromatic nitrogens is 2. The summed E-state index contributed by atoms with van der Waals surface area (Å²) < 4.78 is 2.14. The average Bonchev–Trinajstić information content (AvgIpc) is 2.76. The fourth-order valence-corrected chi connectivity index (χ4v) is 2.78. The normalized spacial score (nSPS) is 12.0. The molecule has 0 saturated heterocycles. The number of halogens is 3. The van der Waals surface area contributed by atoms with E-state index in [1.165, 1.54) is 0 Å². The van der Waals surface area contributed by atoms with Crippen molar-refractivity contribution < 1.29 is 0 Å². The maximum Gasteiger partial charge on any atom is 0.124 e. The highest BCUT2D eigenvalue weighted by atomic mass is 35.5. The number of alkyl halides is 1. The molecule has 116 valence electrons. The molecule has 1 heterocycles. The second kappa shape index (κ2) is 7.19. The highest BCUT2D eigenvalue weighted by Crippen LogP contribution is 2.29. The summed E-state index contributed by atoms with van der Waals surface area (Å²) >= 11 is 18.2. The van der Waals surface area contributed by atoms with Crippen LogP contribution in [0.3, 0.4) is 0 Å². The molecule has 0 bridgehead atoms. The minimum absolute atomic E-state index is 0.379. The number of hydrogen-bond donors (Lipinski definition) is 0. The fraction of sp³-hybridized carbons (Fsp3) is 0.533. The quantitative estimate of drug-likeness (QED) is 0.698. The molecule has 0 fully saturated rings. The SMILES string of the molecule is CC(C)N(C)CCCn1c(CCl)nc2cc(Cl)c(Cl)cc21. The Hall–Kier alpha value is -0.480. The van der Waals surface area contributed by atoms with Gasteiger partial charge in [-0.25, -0.2) is 4.98 Å². The van der Waals surface area contributed by atoms with Crippen LogP contribution in [0.1, 0.15) is 26.1 Å². The lowest BCUT2D eigenvalue weighted by Gasteiger charge is -2.21. The number of aryl methyl sites for hydroxylation is 1. The van der Waals surface area contributed by atoms with Gasteiger partial charge in [-0.15, -0.1) is 11.6 Å². The van der Waals surface area contributed by atoms with Crippen molar-refractivity contribution in [2.24, 2.45) is 0 Å². The largest absolute Gasteiger partial charge is 0.327 e. The number of rotatable bonds is 6. The van der Waals surface area contributed by atoms with Crippen molar-refractivity contribution in [3.8, 4) is 0 Å². The molecule has 2 aromatic rings. The molecule has 1 aromatic heterocycles. The van der Waals surface area contributed by atoms with Gasteiger partial charge in [-0.3, -0.25) is 0 Å². The van der Waals surface area contributed by atoms with E-state index in [9.17, 15) is 0 Å². The van der Waals surface area contributed by atoms with Gasteiger partial charge in [0.05, 0.1) is 27.0 Å². The smallest absolute Gasteiger partial charge is 0.124 e. The molecule has 0 atom stereocenters. The van der Waals surface area contributed by atoms with E-state index in [1.807, 2.05) is 6.07 Å². The second-order valence-electron chi connectivity index (χ2n) is 5.50. The minimum Gasteiger partial charge on any atom is -0.327 e. The van der Waals surface area contributed by atoms with Crippen molar-refractivity contribution in [2.45, 2.75) is 38.7 Å². The van der Waals surface area contributed by atoms with Gasteiger partial charge < -0.3 is 9.47 Å². The molecule has 0 radical (unpaired) electrons. The van der Waals surface area contributed by atoms with Crippen LogP contribution in [0.4, 0.5) is 0 Å². The van der Waals surface area contributed by atoms with E-state index in [0.717, 1.165) is 36.4 Å². The van der Waals surface area contributed by atoms with E-state index in [1.54, 1.807) is 6.07 Å². The van der Waals surface area contributed by atoms with Gasteiger partial charge in [-0.2, -0.15) is 0 Å². The summed E-state index contributed by atoms with van der Waals surface area (Å²) in [4.78, 5) is 6.86. The third-order valence-corrected chi connectivity index (χ3v) is 4.72. The molecule has 21 heavy (non-hydrogen) atoms. The molecule has 2 rings (SSSR count). The Kier molecular flexibility index (Phi) is 5.78. The molecule has 0 N–H and O–H groups in total. The third kappa shape index (κ3) is 3.84. The van der Waals surface area contributed by atoms with Crippen LogP contribution < -0.4 is 0 Å². The van der Waals surface area contributed by atoms with Gasteiger partial charge in [-0.05, 0) is 46.0 Å². The summed E-state index contributed by atoms with van der Waals surface area (Å²) in [6, 6.07) is 4.21. The molecule has 0 amide bonds. The standard InChI is InChI=1S/C15H20Cl3N3/c1-10(2)20(3)5-4-6-21-14-8-12(18)11(17)7-13(14)19-15(21)9-16/h7-8,10H,4-6,9H2,1-3H3. The molecule has 1 aromatic carbocycles. The zero-order chi connectivity index (χ0) is 15.6. The molecule has 3 nitrogen and oxygen atoms in total. The first-order valence-corrected chi connectivity index (χ1v) is 8.33. The summed E-state index contributed by atoms with van der Waals surface area (Å²) in [6.45, 7) is 6.28. The topological polar surface area (TPSA) is 21.1 Å². The predicted octanol–water partition coefficient (Wildman–Crippen LogP) is 4.81. The highest BCUT2D eigenvalue weighted by molar-refractivity contribution is 6.42. The zero-order valence-corrected chi connectivity index (χ0v) is 14.8. The molecule has 0 aliphatic carbocycles. The van der Waals surface area contributed by atoms with E-state index in [2.05, 4.69) is 35.3 Å². The number of imidazole rings is 1. The summed E-state index contributed by atoms with van der Waals surface area (Å²) in [5.41, 5.74) is 1.84. The number of benzene rings is 1. The fourth-order valence-electron chi connectivity index (χ4n) is 2.26. The third-order valence-electron chi connectivity index (χ3n) is 3.76. The molecule has 0 aliphatic rings. The first kappa shape index (κ1) is 16.9. The van der Waals surface area contributed by atoms with Crippen LogP contribution in [0.5, 0.6) is 0 Å². The van der Waals surface area contributed by atoms with Crippen LogP contribution >= 0.6 is 34.8 Å². The number of fused-ring (bicyclic) bond motifs is 1. The maximum absolute atomic E-state index is 6.12. The monoisotopic (exact) mass is 347 g/mol. The van der Waals surface area contributed by atoms with E-state index in [4.69, 9.17) is 34.8 Å². The van der Waals surface area contributed by atoms with E-state index < -0.39 is 0 Å². The van der Waals surface area contributed by atoms with Crippen LogP contribution in [0, 0.1) is 0 Å². The molecule has 0 unspecified atom stereocenters. The van der Waals surface area contributed by atoms with Crippen LogP contribution in [-0.2, 0) is 12.4 Å². The van der Waals surface area contributed by atoms with Gasteiger partial charge in [0.2, 0.25) is 0 Å². The Bertz CT molecular complexity index is 622. The Morgan fingerprint density at radius 2 is 1.90 bits per heavy atom. The second-order valence-corrected chi connectivity index (χ2v) is 6.58. The van der Waals surface area contributed by atoms with Crippen molar-refractivity contribution in [1.29, 1.82) is 0 Å². The van der Waals surface area contributed by atoms with Crippen LogP contribution in [-0.4, -0.2) is 34.1 Å². The van der Waals surface area contributed by atoms with Crippen LogP contribution in [0.15, 0.2) is 12.1 Å². The van der Waals surface area contributed by atoms with Crippen LogP contribution in [0.25, 0.3) is 11.0 Å². The summed E-state index contributed by atoms with van der Waals surface area (Å²) in [7, 11) is 2.13. The van der Waals surface area contributed by atoms with Crippen molar-refractivity contribution in [3.05, 3.63) is 28.0 Å². The lowest BCUT2D eigenvalue weighted by atomic mass is 10.3. The minimum atomic E-state index is 0.379. The Morgan fingerprint density at radius 1 is 1.24 bits per heavy atom. The van der Waals surface area contributed by atoms with E-state index >= 15 is 0 Å².